The molecule has 116 valence electrons. The van der Waals surface area contributed by atoms with E-state index in [2.05, 4.69) is 24.1 Å². The second-order valence-electron chi connectivity index (χ2n) is 6.43. The van der Waals surface area contributed by atoms with E-state index in [-0.39, 0.29) is 6.03 Å². The van der Waals surface area contributed by atoms with Crippen LogP contribution in [0.2, 0.25) is 0 Å². The molecule has 0 spiro atoms. The van der Waals surface area contributed by atoms with Crippen LogP contribution in [0.4, 0.5) is 4.79 Å². The summed E-state index contributed by atoms with van der Waals surface area (Å²) in [6, 6.07) is 0.604. The van der Waals surface area contributed by atoms with E-state index < -0.39 is 0 Å². The number of hydrogen-bond donors (Lipinski definition) is 1. The lowest BCUT2D eigenvalue weighted by Crippen LogP contribution is -2.47. The maximum absolute atomic E-state index is 12.5. The third kappa shape index (κ3) is 4.87. The van der Waals surface area contributed by atoms with E-state index in [1.165, 1.54) is 25.7 Å². The predicted octanol–water partition coefficient (Wildman–Crippen LogP) is 3.88. The number of rotatable bonds is 3. The van der Waals surface area contributed by atoms with E-state index in [0.29, 0.717) is 11.3 Å². The molecule has 4 heteroatoms. The fourth-order valence-electron chi connectivity index (χ4n) is 3.33. The molecule has 0 bridgehead atoms. The SMILES string of the molecule is CCS[C@@H]1CCCCN(C(=O)NC2CCC(C)CC2)C1. The molecule has 20 heavy (non-hydrogen) atoms. The highest BCUT2D eigenvalue weighted by Gasteiger charge is 2.25. The van der Waals surface area contributed by atoms with Crippen molar-refractivity contribution in [3.63, 3.8) is 0 Å². The number of amides is 2. The topological polar surface area (TPSA) is 32.3 Å². The number of thioether (sulfide) groups is 1. The summed E-state index contributed by atoms with van der Waals surface area (Å²) in [5.41, 5.74) is 0. The Morgan fingerprint density at radius 3 is 2.65 bits per heavy atom. The number of urea groups is 1. The molecule has 1 N–H and O–H groups in total. The van der Waals surface area contributed by atoms with Crippen LogP contribution < -0.4 is 5.32 Å². The first-order valence-electron chi connectivity index (χ1n) is 8.36. The third-order valence-corrected chi connectivity index (χ3v) is 5.85. The molecule has 1 saturated carbocycles. The summed E-state index contributed by atoms with van der Waals surface area (Å²) >= 11 is 2.01. The minimum absolute atomic E-state index is 0.188. The molecule has 1 atom stereocenters. The van der Waals surface area contributed by atoms with E-state index in [9.17, 15) is 4.79 Å². The van der Waals surface area contributed by atoms with Gasteiger partial charge in [0.2, 0.25) is 0 Å². The lowest BCUT2D eigenvalue weighted by Gasteiger charge is -2.30. The van der Waals surface area contributed by atoms with Gasteiger partial charge in [-0.15, -0.1) is 0 Å². The molecule has 2 aliphatic rings. The largest absolute Gasteiger partial charge is 0.335 e. The first kappa shape index (κ1) is 16.0. The average Bonchev–Trinajstić information content (AvgIpc) is 2.67. The number of hydrogen-bond acceptors (Lipinski definition) is 2. The molecule has 1 saturated heterocycles. The van der Waals surface area contributed by atoms with Gasteiger partial charge in [-0.3, -0.25) is 0 Å². The second-order valence-corrected chi connectivity index (χ2v) is 8.00. The molecule has 0 unspecified atom stereocenters. The summed E-state index contributed by atoms with van der Waals surface area (Å²) in [7, 11) is 0. The quantitative estimate of drug-likeness (QED) is 0.857. The minimum Gasteiger partial charge on any atom is -0.335 e. The van der Waals surface area contributed by atoms with E-state index in [1.807, 2.05) is 11.8 Å². The van der Waals surface area contributed by atoms with Crippen LogP contribution in [0.5, 0.6) is 0 Å². The summed E-state index contributed by atoms with van der Waals surface area (Å²) < 4.78 is 0. The fraction of sp³-hybridized carbons (Fsp3) is 0.938. The Morgan fingerprint density at radius 1 is 1.20 bits per heavy atom. The Balaban J connectivity index is 1.80. The van der Waals surface area contributed by atoms with Crippen LogP contribution in [0.25, 0.3) is 0 Å². The number of likely N-dealkylation sites (tertiary alicyclic amines) is 1. The van der Waals surface area contributed by atoms with Crippen molar-refractivity contribution in [2.45, 2.75) is 70.1 Å². The van der Waals surface area contributed by atoms with Gasteiger partial charge in [-0.05, 0) is 50.2 Å². The van der Waals surface area contributed by atoms with E-state index in [4.69, 9.17) is 0 Å². The van der Waals surface area contributed by atoms with Crippen molar-refractivity contribution in [1.82, 2.24) is 10.2 Å². The van der Waals surface area contributed by atoms with Crippen LogP contribution in [0.1, 0.15) is 58.8 Å². The van der Waals surface area contributed by atoms with Crippen molar-refractivity contribution in [2.24, 2.45) is 5.92 Å². The lowest BCUT2D eigenvalue weighted by atomic mass is 9.87. The summed E-state index contributed by atoms with van der Waals surface area (Å²) in [5, 5.41) is 3.92. The molecule has 2 rings (SSSR count). The summed E-state index contributed by atoms with van der Waals surface area (Å²) in [6.07, 6.45) is 8.54. The highest BCUT2D eigenvalue weighted by molar-refractivity contribution is 7.99. The van der Waals surface area contributed by atoms with Gasteiger partial charge in [0.25, 0.3) is 0 Å². The van der Waals surface area contributed by atoms with Gasteiger partial charge >= 0.3 is 6.03 Å². The summed E-state index contributed by atoms with van der Waals surface area (Å²) in [5.74, 6) is 1.99. The maximum atomic E-state index is 12.5. The molecule has 0 aromatic heterocycles. The zero-order valence-electron chi connectivity index (χ0n) is 13.1. The van der Waals surface area contributed by atoms with Crippen LogP contribution in [0.15, 0.2) is 0 Å². The molecule has 0 aromatic carbocycles. The van der Waals surface area contributed by atoms with Gasteiger partial charge in [-0.25, -0.2) is 4.79 Å². The molecule has 2 amide bonds. The van der Waals surface area contributed by atoms with Crippen molar-refractivity contribution < 1.29 is 4.79 Å². The third-order valence-electron chi connectivity index (χ3n) is 4.66. The predicted molar refractivity (Wildman–Crippen MR) is 87.3 cm³/mol. The Kier molecular flexibility index (Phi) is 6.53. The van der Waals surface area contributed by atoms with Gasteiger partial charge < -0.3 is 10.2 Å². The van der Waals surface area contributed by atoms with Crippen LogP contribution in [0.3, 0.4) is 0 Å². The van der Waals surface area contributed by atoms with Gasteiger partial charge in [-0.2, -0.15) is 11.8 Å². The van der Waals surface area contributed by atoms with Crippen molar-refractivity contribution in [2.75, 3.05) is 18.8 Å². The first-order valence-corrected chi connectivity index (χ1v) is 9.41. The van der Waals surface area contributed by atoms with Crippen LogP contribution >= 0.6 is 11.8 Å². The molecule has 0 aromatic rings. The van der Waals surface area contributed by atoms with Gasteiger partial charge in [-0.1, -0.05) is 20.3 Å². The van der Waals surface area contributed by atoms with Crippen molar-refractivity contribution in [3.8, 4) is 0 Å². The van der Waals surface area contributed by atoms with Crippen molar-refractivity contribution >= 4 is 17.8 Å². The number of nitrogens with one attached hydrogen (secondary N) is 1. The summed E-state index contributed by atoms with van der Waals surface area (Å²) in [6.45, 7) is 6.41. The standard InChI is InChI=1S/C16H30N2OS/c1-3-20-15-6-4-5-11-18(12-15)16(19)17-14-9-7-13(2)8-10-14/h13-15H,3-12H2,1-2H3,(H,17,19)/t13?,14?,15-/m1/s1. The molecule has 0 radical (unpaired) electrons. The van der Waals surface area contributed by atoms with Gasteiger partial charge in [0, 0.05) is 24.4 Å². The molecular weight excluding hydrogens is 268 g/mol. The second kappa shape index (κ2) is 8.16. The zero-order valence-corrected chi connectivity index (χ0v) is 13.9. The van der Waals surface area contributed by atoms with E-state index in [1.54, 1.807) is 0 Å². The van der Waals surface area contributed by atoms with Crippen molar-refractivity contribution in [3.05, 3.63) is 0 Å². The molecular formula is C16H30N2OS. The monoisotopic (exact) mass is 298 g/mol. The van der Waals surface area contributed by atoms with Crippen molar-refractivity contribution in [1.29, 1.82) is 0 Å². The number of nitrogens with zero attached hydrogens (tertiary/aromatic N) is 1. The molecule has 2 fully saturated rings. The van der Waals surface area contributed by atoms with Crippen LogP contribution in [-0.4, -0.2) is 41.1 Å². The number of carbonyl (C=O) groups is 1. The van der Waals surface area contributed by atoms with E-state index in [0.717, 1.165) is 44.0 Å². The van der Waals surface area contributed by atoms with Gasteiger partial charge in [0.15, 0.2) is 0 Å². The normalized spacial score (nSPS) is 31.7. The lowest BCUT2D eigenvalue weighted by molar-refractivity contribution is 0.189. The number of carbonyl (C=O) groups excluding carboxylic acids is 1. The average molecular weight is 298 g/mol. The zero-order chi connectivity index (χ0) is 14.4. The van der Waals surface area contributed by atoms with E-state index >= 15 is 0 Å². The fourth-order valence-corrected chi connectivity index (χ4v) is 4.42. The highest BCUT2D eigenvalue weighted by atomic mass is 32.2. The Labute approximate surface area is 128 Å². The van der Waals surface area contributed by atoms with Crippen LogP contribution in [0, 0.1) is 5.92 Å². The van der Waals surface area contributed by atoms with Gasteiger partial charge in [0.05, 0.1) is 0 Å². The Hall–Kier alpha value is -0.380. The molecule has 1 aliphatic heterocycles. The molecule has 3 nitrogen and oxygen atoms in total. The first-order chi connectivity index (χ1) is 9.69. The Morgan fingerprint density at radius 2 is 1.95 bits per heavy atom. The smallest absolute Gasteiger partial charge is 0.317 e. The molecule has 1 heterocycles. The summed E-state index contributed by atoms with van der Waals surface area (Å²) in [4.78, 5) is 14.5. The Bertz CT molecular complexity index is 303. The maximum Gasteiger partial charge on any atom is 0.317 e. The molecule has 1 aliphatic carbocycles. The van der Waals surface area contributed by atoms with Gasteiger partial charge in [0.1, 0.15) is 0 Å². The van der Waals surface area contributed by atoms with Crippen LogP contribution in [-0.2, 0) is 0 Å². The highest BCUT2D eigenvalue weighted by Crippen LogP contribution is 2.25. The minimum atomic E-state index is 0.188.